The third kappa shape index (κ3) is 5.30. The molecule has 0 saturated carbocycles. The van der Waals surface area contributed by atoms with E-state index in [4.69, 9.17) is 14.7 Å². The van der Waals surface area contributed by atoms with Crippen molar-refractivity contribution < 1.29 is 13.9 Å². The van der Waals surface area contributed by atoms with Crippen LogP contribution in [0, 0.1) is 5.82 Å². The number of rotatable bonds is 6. The molecule has 1 amide bonds. The van der Waals surface area contributed by atoms with Crippen molar-refractivity contribution in [2.24, 2.45) is 5.10 Å². The van der Waals surface area contributed by atoms with Gasteiger partial charge in [-0.05, 0) is 37.1 Å². The third-order valence-electron chi connectivity index (χ3n) is 6.39. The molecule has 2 atom stereocenters. The van der Waals surface area contributed by atoms with Crippen molar-refractivity contribution in [2.45, 2.75) is 45.3 Å². The number of ether oxygens (including phenoxy) is 1. The number of hydrazone groups is 1. The van der Waals surface area contributed by atoms with Crippen molar-refractivity contribution in [2.75, 3.05) is 18.4 Å². The maximum Gasteiger partial charge on any atom is 0.222 e. The van der Waals surface area contributed by atoms with Gasteiger partial charge in [-0.15, -0.1) is 5.10 Å². The molecule has 0 bridgehead atoms. The number of likely N-dealkylation sites (tertiary alicyclic amines) is 1. The molecule has 2 unspecified atom stereocenters. The fourth-order valence-corrected chi connectivity index (χ4v) is 4.59. The third-order valence-corrected chi connectivity index (χ3v) is 6.39. The predicted octanol–water partition coefficient (Wildman–Crippen LogP) is 5.09. The van der Waals surface area contributed by atoms with Crippen LogP contribution < -0.4 is 10.7 Å². The predicted molar refractivity (Wildman–Crippen MR) is 136 cm³/mol. The van der Waals surface area contributed by atoms with Crippen LogP contribution in [0.2, 0.25) is 0 Å². The second-order valence-electron chi connectivity index (χ2n) is 9.05. The van der Waals surface area contributed by atoms with E-state index < -0.39 is 0 Å². The first kappa shape index (κ1) is 23.7. The molecular formula is C27H29FN6O2. The molecule has 9 heteroatoms. The summed E-state index contributed by atoms with van der Waals surface area (Å²) in [4.78, 5) is 24.0. The smallest absolute Gasteiger partial charge is 0.222 e. The van der Waals surface area contributed by atoms with E-state index >= 15 is 0 Å². The van der Waals surface area contributed by atoms with Crippen molar-refractivity contribution >= 4 is 23.3 Å². The second kappa shape index (κ2) is 10.3. The standard InChI is InChI=1S/C27H29FN6O2/c1-3-25(35)34-12-6-9-20(16-34)26-30-23(15-24(31-26)29-22-11-5-10-21(28)14-22)18-7-4-8-19(13-18)27-33-32-17(2)36-27/h4-5,7-8,10-11,13-15,20,27,33H,3,6,9,12,16H2,1-2H3,(H,29,30,31). The molecular weight excluding hydrogens is 459 g/mol. The largest absolute Gasteiger partial charge is 0.451 e. The van der Waals surface area contributed by atoms with Crippen LogP contribution in [0.5, 0.6) is 0 Å². The molecule has 186 valence electrons. The Hall–Kier alpha value is -4.01. The Morgan fingerprint density at radius 3 is 2.83 bits per heavy atom. The SMILES string of the molecule is CCC(=O)N1CCCC(c2nc(Nc3cccc(F)c3)cc(-c3cccc(C4NN=C(C)O4)c3)n2)C1. The molecule has 2 aliphatic heterocycles. The van der Waals surface area contributed by atoms with Crippen molar-refractivity contribution in [3.63, 3.8) is 0 Å². The number of nitrogens with zero attached hydrogens (tertiary/aromatic N) is 4. The van der Waals surface area contributed by atoms with E-state index in [1.165, 1.54) is 12.1 Å². The van der Waals surface area contributed by atoms with Crippen molar-refractivity contribution in [3.8, 4) is 11.3 Å². The zero-order chi connectivity index (χ0) is 25.1. The molecule has 8 nitrogen and oxygen atoms in total. The molecule has 2 aromatic carbocycles. The first-order valence-electron chi connectivity index (χ1n) is 12.2. The van der Waals surface area contributed by atoms with Gasteiger partial charge in [-0.1, -0.05) is 31.2 Å². The Kier molecular flexibility index (Phi) is 6.79. The molecule has 0 aliphatic carbocycles. The van der Waals surface area contributed by atoms with E-state index in [9.17, 15) is 9.18 Å². The molecule has 5 rings (SSSR count). The number of halogens is 1. The van der Waals surface area contributed by atoms with Gasteiger partial charge < -0.3 is 15.0 Å². The Balaban J connectivity index is 1.50. The van der Waals surface area contributed by atoms with Gasteiger partial charge in [-0.25, -0.2) is 14.4 Å². The highest BCUT2D eigenvalue weighted by molar-refractivity contribution is 5.76. The van der Waals surface area contributed by atoms with Gasteiger partial charge in [0.05, 0.1) is 5.69 Å². The molecule has 2 aliphatic rings. The zero-order valence-electron chi connectivity index (χ0n) is 20.4. The summed E-state index contributed by atoms with van der Waals surface area (Å²) in [6, 6.07) is 16.0. The van der Waals surface area contributed by atoms with Crippen LogP contribution in [-0.2, 0) is 9.53 Å². The number of benzene rings is 2. The number of aromatic nitrogens is 2. The summed E-state index contributed by atoms with van der Waals surface area (Å²) in [5.74, 6) is 1.65. The first-order valence-corrected chi connectivity index (χ1v) is 12.2. The summed E-state index contributed by atoms with van der Waals surface area (Å²) in [7, 11) is 0. The van der Waals surface area contributed by atoms with Crippen LogP contribution in [0.25, 0.3) is 11.3 Å². The highest BCUT2D eigenvalue weighted by Gasteiger charge is 2.27. The zero-order valence-corrected chi connectivity index (χ0v) is 20.4. The molecule has 1 aromatic heterocycles. The monoisotopic (exact) mass is 488 g/mol. The number of hydrogen-bond donors (Lipinski definition) is 2. The molecule has 0 radical (unpaired) electrons. The van der Waals surface area contributed by atoms with Gasteiger partial charge in [0.1, 0.15) is 17.5 Å². The topological polar surface area (TPSA) is 91.7 Å². The molecule has 36 heavy (non-hydrogen) atoms. The number of hydrogen-bond acceptors (Lipinski definition) is 7. The lowest BCUT2D eigenvalue weighted by Crippen LogP contribution is -2.39. The second-order valence-corrected chi connectivity index (χ2v) is 9.05. The van der Waals surface area contributed by atoms with Gasteiger partial charge in [0, 0.05) is 55.2 Å². The lowest BCUT2D eigenvalue weighted by Gasteiger charge is -2.32. The fourth-order valence-electron chi connectivity index (χ4n) is 4.59. The van der Waals surface area contributed by atoms with Crippen molar-refractivity contribution in [3.05, 3.63) is 71.8 Å². The van der Waals surface area contributed by atoms with Gasteiger partial charge in [-0.3, -0.25) is 10.2 Å². The molecule has 3 heterocycles. The van der Waals surface area contributed by atoms with E-state index in [2.05, 4.69) is 15.8 Å². The number of amides is 1. The average Bonchev–Trinajstić information content (AvgIpc) is 3.34. The minimum atomic E-state index is -0.358. The fraction of sp³-hybridized carbons (Fsp3) is 0.333. The molecule has 3 aromatic rings. The molecule has 0 spiro atoms. The molecule has 2 N–H and O–H groups in total. The number of carbonyl (C=O) groups is 1. The summed E-state index contributed by atoms with van der Waals surface area (Å²) in [5.41, 5.74) is 6.13. The Morgan fingerprint density at radius 1 is 1.19 bits per heavy atom. The molecule has 1 fully saturated rings. The normalized spacial score (nSPS) is 19.3. The minimum Gasteiger partial charge on any atom is -0.451 e. The van der Waals surface area contributed by atoms with Gasteiger partial charge in [0.2, 0.25) is 18.0 Å². The summed E-state index contributed by atoms with van der Waals surface area (Å²) in [6.07, 6.45) is 1.92. The van der Waals surface area contributed by atoms with E-state index in [1.807, 2.05) is 42.2 Å². The van der Waals surface area contributed by atoms with Crippen LogP contribution in [0.3, 0.4) is 0 Å². The lowest BCUT2D eigenvalue weighted by molar-refractivity contribution is -0.132. The maximum atomic E-state index is 13.8. The lowest BCUT2D eigenvalue weighted by atomic mass is 9.96. The van der Waals surface area contributed by atoms with Gasteiger partial charge >= 0.3 is 0 Å². The quantitative estimate of drug-likeness (QED) is 0.502. The minimum absolute atomic E-state index is 0.0151. The van der Waals surface area contributed by atoms with Gasteiger partial charge in [0.25, 0.3) is 0 Å². The Labute approximate surface area is 209 Å². The Bertz CT molecular complexity index is 1300. The number of piperidine rings is 1. The number of nitrogens with one attached hydrogen (secondary N) is 2. The van der Waals surface area contributed by atoms with Gasteiger partial charge in [0.15, 0.2) is 0 Å². The van der Waals surface area contributed by atoms with Crippen LogP contribution in [0.4, 0.5) is 15.9 Å². The highest BCUT2D eigenvalue weighted by atomic mass is 19.1. The summed E-state index contributed by atoms with van der Waals surface area (Å²) in [6.45, 7) is 5.03. The van der Waals surface area contributed by atoms with E-state index in [1.54, 1.807) is 19.1 Å². The number of carbonyl (C=O) groups excluding carboxylic acids is 1. The van der Waals surface area contributed by atoms with E-state index in [-0.39, 0.29) is 23.9 Å². The molecule has 1 saturated heterocycles. The van der Waals surface area contributed by atoms with Gasteiger partial charge in [-0.2, -0.15) is 0 Å². The number of anilines is 2. The Morgan fingerprint density at radius 2 is 2.06 bits per heavy atom. The first-order chi connectivity index (χ1) is 17.5. The van der Waals surface area contributed by atoms with E-state index in [0.29, 0.717) is 36.2 Å². The van der Waals surface area contributed by atoms with Crippen molar-refractivity contribution in [1.29, 1.82) is 0 Å². The summed E-state index contributed by atoms with van der Waals surface area (Å²) < 4.78 is 19.6. The van der Waals surface area contributed by atoms with Crippen LogP contribution in [-0.4, -0.2) is 39.8 Å². The maximum absolute atomic E-state index is 13.8. The summed E-state index contributed by atoms with van der Waals surface area (Å²) in [5, 5.41) is 7.34. The van der Waals surface area contributed by atoms with Crippen LogP contribution in [0.1, 0.15) is 56.6 Å². The summed E-state index contributed by atoms with van der Waals surface area (Å²) >= 11 is 0. The average molecular weight is 489 g/mol. The highest BCUT2D eigenvalue weighted by Crippen LogP contribution is 2.31. The van der Waals surface area contributed by atoms with Crippen LogP contribution >= 0.6 is 0 Å². The van der Waals surface area contributed by atoms with Crippen LogP contribution in [0.15, 0.2) is 59.7 Å². The van der Waals surface area contributed by atoms with E-state index in [0.717, 1.165) is 36.2 Å². The van der Waals surface area contributed by atoms with Crippen molar-refractivity contribution in [1.82, 2.24) is 20.3 Å².